The van der Waals surface area contributed by atoms with Gasteiger partial charge in [-0.15, -0.1) is 0 Å². The van der Waals surface area contributed by atoms with Crippen LogP contribution in [0.1, 0.15) is 63.2 Å². The molecule has 1 aromatic carbocycles. The quantitative estimate of drug-likeness (QED) is 0.776. The second kappa shape index (κ2) is 5.84. The molecule has 21 heavy (non-hydrogen) atoms. The van der Waals surface area contributed by atoms with Crippen molar-refractivity contribution in [1.29, 1.82) is 0 Å². The molecule has 3 rings (SSSR count). The van der Waals surface area contributed by atoms with Crippen LogP contribution in [0.4, 0.5) is 0 Å². The van der Waals surface area contributed by atoms with E-state index in [4.69, 9.17) is 4.42 Å². The molecule has 1 fully saturated rings. The normalized spacial score (nSPS) is 26.9. The number of fused-ring (bicyclic) bond motifs is 1. The molecule has 0 saturated heterocycles. The van der Waals surface area contributed by atoms with Crippen molar-refractivity contribution in [3.63, 3.8) is 0 Å². The highest BCUT2D eigenvalue weighted by molar-refractivity contribution is 5.81. The molecule has 0 amide bonds. The summed E-state index contributed by atoms with van der Waals surface area (Å²) < 4.78 is 6.04. The lowest BCUT2D eigenvalue weighted by Crippen LogP contribution is -2.24. The molecule has 1 saturated carbocycles. The van der Waals surface area contributed by atoms with E-state index in [1.54, 1.807) is 0 Å². The molecule has 0 bridgehead atoms. The largest absolute Gasteiger partial charge is 0.458 e. The Hall–Kier alpha value is -1.28. The van der Waals surface area contributed by atoms with Gasteiger partial charge in [0.2, 0.25) is 0 Å². The number of hydrogen-bond donors (Lipinski definition) is 1. The molecule has 114 valence electrons. The fraction of sp³-hybridized carbons (Fsp3) is 0.579. The SMILES string of the molecule is CCCC1CCCC(O)(c2cc3cccc(C)c3o2)CC1. The van der Waals surface area contributed by atoms with Gasteiger partial charge in [0, 0.05) is 5.39 Å². The molecule has 0 aliphatic heterocycles. The van der Waals surface area contributed by atoms with Crippen molar-refractivity contribution in [2.24, 2.45) is 5.92 Å². The van der Waals surface area contributed by atoms with Gasteiger partial charge in [-0.05, 0) is 50.2 Å². The van der Waals surface area contributed by atoms with Crippen molar-refractivity contribution in [2.75, 3.05) is 0 Å². The van der Waals surface area contributed by atoms with Crippen LogP contribution in [-0.4, -0.2) is 5.11 Å². The zero-order valence-corrected chi connectivity index (χ0v) is 13.2. The minimum absolute atomic E-state index is 0.768. The summed E-state index contributed by atoms with van der Waals surface area (Å²) in [5.41, 5.74) is 1.30. The van der Waals surface area contributed by atoms with E-state index in [9.17, 15) is 5.11 Å². The van der Waals surface area contributed by atoms with Gasteiger partial charge < -0.3 is 9.52 Å². The monoisotopic (exact) mass is 286 g/mol. The van der Waals surface area contributed by atoms with Gasteiger partial charge in [0.05, 0.1) is 0 Å². The van der Waals surface area contributed by atoms with E-state index >= 15 is 0 Å². The second-order valence-electron chi connectivity index (χ2n) is 6.72. The van der Waals surface area contributed by atoms with E-state index in [1.165, 1.54) is 19.3 Å². The predicted molar refractivity (Wildman–Crippen MR) is 86.3 cm³/mol. The van der Waals surface area contributed by atoms with Crippen molar-refractivity contribution in [3.05, 3.63) is 35.6 Å². The maximum absolute atomic E-state index is 11.1. The van der Waals surface area contributed by atoms with E-state index < -0.39 is 5.60 Å². The minimum Gasteiger partial charge on any atom is -0.458 e. The maximum Gasteiger partial charge on any atom is 0.137 e. The highest BCUT2D eigenvalue weighted by Gasteiger charge is 2.35. The Morgan fingerprint density at radius 2 is 2.14 bits per heavy atom. The fourth-order valence-corrected chi connectivity index (χ4v) is 3.78. The van der Waals surface area contributed by atoms with Crippen molar-refractivity contribution in [3.8, 4) is 0 Å². The molecule has 2 aromatic rings. The Morgan fingerprint density at radius 1 is 1.29 bits per heavy atom. The summed E-state index contributed by atoms with van der Waals surface area (Å²) in [4.78, 5) is 0. The van der Waals surface area contributed by atoms with Crippen LogP contribution >= 0.6 is 0 Å². The van der Waals surface area contributed by atoms with Gasteiger partial charge in [-0.25, -0.2) is 0 Å². The number of hydrogen-bond acceptors (Lipinski definition) is 2. The standard InChI is InChI=1S/C19H26O2/c1-3-6-15-8-5-11-19(20,12-10-15)17-13-16-9-4-7-14(2)18(16)21-17/h4,7,9,13,15,20H,3,5-6,8,10-12H2,1-2H3. The molecule has 1 heterocycles. The van der Waals surface area contributed by atoms with Crippen molar-refractivity contribution in [2.45, 2.75) is 64.4 Å². The van der Waals surface area contributed by atoms with Gasteiger partial charge in [0.15, 0.2) is 0 Å². The number of para-hydroxylation sites is 1. The van der Waals surface area contributed by atoms with Gasteiger partial charge in [-0.2, -0.15) is 0 Å². The third-order valence-electron chi connectivity index (χ3n) is 5.07. The number of aliphatic hydroxyl groups is 1. The first-order valence-electron chi connectivity index (χ1n) is 8.34. The Labute approximate surface area is 127 Å². The van der Waals surface area contributed by atoms with Gasteiger partial charge in [-0.1, -0.05) is 44.4 Å². The topological polar surface area (TPSA) is 33.4 Å². The van der Waals surface area contributed by atoms with Crippen LogP contribution in [0.25, 0.3) is 11.0 Å². The second-order valence-corrected chi connectivity index (χ2v) is 6.72. The highest BCUT2D eigenvalue weighted by Crippen LogP contribution is 2.41. The first-order valence-corrected chi connectivity index (χ1v) is 8.34. The van der Waals surface area contributed by atoms with E-state index in [-0.39, 0.29) is 0 Å². The van der Waals surface area contributed by atoms with Crippen LogP contribution in [0.5, 0.6) is 0 Å². The molecule has 2 atom stereocenters. The van der Waals surface area contributed by atoms with E-state index in [2.05, 4.69) is 26.0 Å². The summed E-state index contributed by atoms with van der Waals surface area (Å²) >= 11 is 0. The molecule has 1 aromatic heterocycles. The summed E-state index contributed by atoms with van der Waals surface area (Å²) in [6.07, 6.45) is 7.64. The molecular formula is C19H26O2. The van der Waals surface area contributed by atoms with Crippen LogP contribution in [0.15, 0.2) is 28.7 Å². The smallest absolute Gasteiger partial charge is 0.137 e. The Bertz CT molecular complexity index is 613. The van der Waals surface area contributed by atoms with Crippen LogP contribution in [-0.2, 0) is 5.60 Å². The van der Waals surface area contributed by atoms with Gasteiger partial charge in [0.1, 0.15) is 16.9 Å². The summed E-state index contributed by atoms with van der Waals surface area (Å²) in [5.74, 6) is 1.54. The lowest BCUT2D eigenvalue weighted by Gasteiger charge is -2.24. The van der Waals surface area contributed by atoms with Gasteiger partial charge in [-0.3, -0.25) is 0 Å². The summed E-state index contributed by atoms with van der Waals surface area (Å²) in [6, 6.07) is 8.22. The predicted octanol–water partition coefficient (Wildman–Crippen LogP) is 5.31. The Morgan fingerprint density at radius 3 is 2.90 bits per heavy atom. The van der Waals surface area contributed by atoms with E-state index in [0.29, 0.717) is 0 Å². The fourth-order valence-electron chi connectivity index (χ4n) is 3.78. The number of furan rings is 1. The van der Waals surface area contributed by atoms with Crippen LogP contribution < -0.4 is 0 Å². The third kappa shape index (κ3) is 2.87. The summed E-state index contributed by atoms with van der Waals surface area (Å²) in [5, 5.41) is 12.2. The lowest BCUT2D eigenvalue weighted by molar-refractivity contribution is 0.0000827. The minimum atomic E-state index is -0.770. The van der Waals surface area contributed by atoms with E-state index in [1.807, 2.05) is 12.1 Å². The van der Waals surface area contributed by atoms with Crippen LogP contribution in [0.2, 0.25) is 0 Å². The van der Waals surface area contributed by atoms with Crippen LogP contribution in [0.3, 0.4) is 0 Å². The van der Waals surface area contributed by atoms with Crippen molar-refractivity contribution < 1.29 is 9.52 Å². The van der Waals surface area contributed by atoms with Crippen molar-refractivity contribution in [1.82, 2.24) is 0 Å². The highest BCUT2D eigenvalue weighted by atomic mass is 16.4. The zero-order valence-electron chi connectivity index (χ0n) is 13.2. The third-order valence-corrected chi connectivity index (χ3v) is 5.07. The number of benzene rings is 1. The first-order chi connectivity index (χ1) is 10.1. The van der Waals surface area contributed by atoms with Gasteiger partial charge in [0.25, 0.3) is 0 Å². The molecule has 2 unspecified atom stereocenters. The number of aryl methyl sites for hydroxylation is 1. The Kier molecular flexibility index (Phi) is 4.08. The molecular weight excluding hydrogens is 260 g/mol. The summed E-state index contributed by atoms with van der Waals surface area (Å²) in [7, 11) is 0. The number of rotatable bonds is 3. The summed E-state index contributed by atoms with van der Waals surface area (Å²) in [6.45, 7) is 4.31. The first kappa shape index (κ1) is 14.6. The molecule has 1 aliphatic carbocycles. The zero-order chi connectivity index (χ0) is 14.9. The molecule has 0 radical (unpaired) electrons. The molecule has 0 spiro atoms. The van der Waals surface area contributed by atoms with Gasteiger partial charge >= 0.3 is 0 Å². The van der Waals surface area contributed by atoms with E-state index in [0.717, 1.165) is 53.9 Å². The average molecular weight is 286 g/mol. The molecule has 2 nitrogen and oxygen atoms in total. The average Bonchev–Trinajstić information content (AvgIpc) is 2.83. The lowest BCUT2D eigenvalue weighted by atomic mass is 9.90. The maximum atomic E-state index is 11.1. The molecule has 2 heteroatoms. The molecule has 1 aliphatic rings. The van der Waals surface area contributed by atoms with Crippen LogP contribution in [0, 0.1) is 12.8 Å². The van der Waals surface area contributed by atoms with Crippen molar-refractivity contribution >= 4 is 11.0 Å². The Balaban J connectivity index is 1.88. The molecule has 1 N–H and O–H groups in total.